The molecule has 1 aliphatic carbocycles. The van der Waals surface area contributed by atoms with Gasteiger partial charge in [-0.15, -0.1) is 0 Å². The largest absolute Gasteiger partial charge is 0.385 e. The van der Waals surface area contributed by atoms with Crippen LogP contribution in [0.3, 0.4) is 0 Å². The molecule has 1 aliphatic rings. The van der Waals surface area contributed by atoms with Gasteiger partial charge in [0.2, 0.25) is 5.95 Å². The zero-order valence-electron chi connectivity index (χ0n) is 12.4. The van der Waals surface area contributed by atoms with Crippen molar-refractivity contribution in [3.8, 4) is 0 Å². The maximum atomic E-state index is 5.10. The van der Waals surface area contributed by atoms with Crippen LogP contribution < -0.4 is 5.32 Å². The molecule has 0 amide bonds. The Kier molecular flexibility index (Phi) is 5.22. The molecular weight excluding hydrogens is 240 g/mol. The third kappa shape index (κ3) is 4.51. The first-order valence-electron chi connectivity index (χ1n) is 7.17. The van der Waals surface area contributed by atoms with Gasteiger partial charge < -0.3 is 19.5 Å². The normalized spacial score (nSPS) is 15.2. The lowest BCUT2D eigenvalue weighted by molar-refractivity contribution is 0.190. The third-order valence-electron chi connectivity index (χ3n) is 3.56. The molecular formula is C14H26N4O. The molecule has 19 heavy (non-hydrogen) atoms. The Bertz CT molecular complexity index is 387. The van der Waals surface area contributed by atoms with E-state index < -0.39 is 0 Å². The van der Waals surface area contributed by atoms with E-state index in [-0.39, 0.29) is 0 Å². The number of nitrogens with one attached hydrogen (secondary N) is 1. The molecule has 0 atom stereocenters. The third-order valence-corrected chi connectivity index (χ3v) is 3.56. The molecule has 0 saturated heterocycles. The molecule has 0 aromatic carbocycles. The number of methoxy groups -OCH3 is 1. The molecule has 5 nitrogen and oxygen atoms in total. The molecule has 1 heterocycles. The first-order chi connectivity index (χ1) is 9.20. The summed E-state index contributed by atoms with van der Waals surface area (Å²) in [6.07, 6.45) is 5.84. The second-order valence-corrected chi connectivity index (χ2v) is 5.38. The van der Waals surface area contributed by atoms with Crippen molar-refractivity contribution in [2.75, 3.05) is 39.2 Å². The van der Waals surface area contributed by atoms with Gasteiger partial charge in [-0.2, -0.15) is 0 Å². The number of aryl methyl sites for hydroxylation is 2. The summed E-state index contributed by atoms with van der Waals surface area (Å²) < 4.78 is 7.28. The standard InChI is InChI=1S/C14H26N4O/c1-12-11-18(8-4-10-19-3)14(16-12)15-7-9-17(2)13-5-6-13/h11,13H,4-10H2,1-3H3,(H,15,16). The first-order valence-corrected chi connectivity index (χ1v) is 7.17. The summed E-state index contributed by atoms with van der Waals surface area (Å²) in [5.74, 6) is 0.984. The van der Waals surface area contributed by atoms with Crippen molar-refractivity contribution in [1.29, 1.82) is 0 Å². The number of anilines is 1. The van der Waals surface area contributed by atoms with E-state index >= 15 is 0 Å². The Hall–Kier alpha value is -1.07. The SMILES string of the molecule is COCCCn1cc(C)nc1NCCN(C)C1CC1. The van der Waals surface area contributed by atoms with Gasteiger partial charge in [0.05, 0.1) is 5.69 Å². The van der Waals surface area contributed by atoms with Crippen LogP contribution in [-0.4, -0.2) is 54.3 Å². The highest BCUT2D eigenvalue weighted by molar-refractivity contribution is 5.28. The number of rotatable bonds is 9. The van der Waals surface area contributed by atoms with Crippen LogP contribution in [0.1, 0.15) is 25.0 Å². The summed E-state index contributed by atoms with van der Waals surface area (Å²) in [6.45, 7) is 5.81. The molecule has 0 bridgehead atoms. The zero-order chi connectivity index (χ0) is 13.7. The lowest BCUT2D eigenvalue weighted by atomic mass is 10.4. The molecule has 1 saturated carbocycles. The number of likely N-dealkylation sites (N-methyl/N-ethyl adjacent to an activating group) is 1. The smallest absolute Gasteiger partial charge is 0.203 e. The van der Waals surface area contributed by atoms with Crippen molar-refractivity contribution in [3.05, 3.63) is 11.9 Å². The van der Waals surface area contributed by atoms with Gasteiger partial charge in [-0.05, 0) is 33.2 Å². The first kappa shape index (κ1) is 14.3. The molecule has 1 N–H and O–H groups in total. The van der Waals surface area contributed by atoms with Gasteiger partial charge >= 0.3 is 0 Å². The molecule has 0 spiro atoms. The van der Waals surface area contributed by atoms with Gasteiger partial charge in [0.15, 0.2) is 0 Å². The van der Waals surface area contributed by atoms with Gasteiger partial charge in [0.25, 0.3) is 0 Å². The van der Waals surface area contributed by atoms with Gasteiger partial charge in [0.1, 0.15) is 0 Å². The molecule has 1 fully saturated rings. The lowest BCUT2D eigenvalue weighted by Gasteiger charge is -2.16. The van der Waals surface area contributed by atoms with Crippen LogP contribution in [0.25, 0.3) is 0 Å². The average molecular weight is 266 g/mol. The summed E-state index contributed by atoms with van der Waals surface area (Å²) in [4.78, 5) is 6.97. The molecule has 108 valence electrons. The van der Waals surface area contributed by atoms with Gasteiger partial charge in [-0.3, -0.25) is 0 Å². The Morgan fingerprint density at radius 1 is 1.53 bits per heavy atom. The number of aromatic nitrogens is 2. The van der Waals surface area contributed by atoms with Crippen LogP contribution in [0.15, 0.2) is 6.20 Å². The highest BCUT2D eigenvalue weighted by Gasteiger charge is 2.25. The van der Waals surface area contributed by atoms with Gasteiger partial charge in [-0.25, -0.2) is 4.98 Å². The Morgan fingerprint density at radius 3 is 3.00 bits per heavy atom. The molecule has 0 aliphatic heterocycles. The van der Waals surface area contributed by atoms with Crippen LogP contribution in [0.4, 0.5) is 5.95 Å². The van der Waals surface area contributed by atoms with Crippen molar-refractivity contribution < 1.29 is 4.74 Å². The molecule has 0 radical (unpaired) electrons. The van der Waals surface area contributed by atoms with Crippen LogP contribution in [0, 0.1) is 6.92 Å². The maximum Gasteiger partial charge on any atom is 0.203 e. The van der Waals surface area contributed by atoms with Crippen molar-refractivity contribution in [2.24, 2.45) is 0 Å². The van der Waals surface area contributed by atoms with Gasteiger partial charge in [-0.1, -0.05) is 0 Å². The number of hydrogen-bond donors (Lipinski definition) is 1. The van der Waals surface area contributed by atoms with E-state index in [2.05, 4.69) is 33.0 Å². The Labute approximate surface area is 116 Å². The fourth-order valence-electron chi connectivity index (χ4n) is 2.28. The fraction of sp³-hybridized carbons (Fsp3) is 0.786. The van der Waals surface area contributed by atoms with Crippen LogP contribution >= 0.6 is 0 Å². The number of hydrogen-bond acceptors (Lipinski definition) is 4. The van der Waals surface area contributed by atoms with Crippen molar-refractivity contribution in [3.63, 3.8) is 0 Å². The predicted octanol–water partition coefficient (Wildman–Crippen LogP) is 1.73. The topological polar surface area (TPSA) is 42.3 Å². The molecule has 2 rings (SSSR count). The molecule has 0 unspecified atom stereocenters. The molecule has 1 aromatic heterocycles. The van der Waals surface area contributed by atoms with E-state index in [4.69, 9.17) is 4.74 Å². The van der Waals surface area contributed by atoms with Crippen molar-refractivity contribution in [1.82, 2.24) is 14.5 Å². The predicted molar refractivity (Wildman–Crippen MR) is 77.6 cm³/mol. The number of nitrogens with zero attached hydrogens (tertiary/aromatic N) is 3. The Balaban J connectivity index is 1.77. The highest BCUT2D eigenvalue weighted by Crippen LogP contribution is 2.24. The second kappa shape index (κ2) is 6.91. The molecule has 1 aromatic rings. The average Bonchev–Trinajstić information content (AvgIpc) is 3.16. The molecule has 5 heteroatoms. The summed E-state index contributed by atoms with van der Waals surface area (Å²) in [7, 11) is 3.95. The van der Waals surface area contributed by atoms with Crippen LogP contribution in [0.2, 0.25) is 0 Å². The van der Waals surface area contributed by atoms with Gasteiger partial charge in [0, 0.05) is 45.6 Å². The van der Waals surface area contributed by atoms with Crippen molar-refractivity contribution >= 4 is 5.95 Å². The summed E-state index contributed by atoms with van der Waals surface area (Å²) in [5.41, 5.74) is 1.07. The zero-order valence-corrected chi connectivity index (χ0v) is 12.4. The minimum atomic E-state index is 0.793. The number of imidazole rings is 1. The summed E-state index contributed by atoms with van der Waals surface area (Å²) >= 11 is 0. The summed E-state index contributed by atoms with van der Waals surface area (Å²) in [5, 5.41) is 3.44. The quantitative estimate of drug-likeness (QED) is 0.691. The van der Waals surface area contributed by atoms with E-state index in [0.29, 0.717) is 0 Å². The van der Waals surface area contributed by atoms with E-state index in [1.54, 1.807) is 7.11 Å². The minimum absolute atomic E-state index is 0.793. The van der Waals surface area contributed by atoms with E-state index in [1.165, 1.54) is 12.8 Å². The Morgan fingerprint density at radius 2 is 2.32 bits per heavy atom. The lowest BCUT2D eigenvalue weighted by Crippen LogP contribution is -2.27. The van der Waals surface area contributed by atoms with E-state index in [1.807, 2.05) is 6.92 Å². The summed E-state index contributed by atoms with van der Waals surface area (Å²) in [6, 6.07) is 0.824. The van der Waals surface area contributed by atoms with Crippen LogP contribution in [0.5, 0.6) is 0 Å². The maximum absolute atomic E-state index is 5.10. The minimum Gasteiger partial charge on any atom is -0.385 e. The second-order valence-electron chi connectivity index (χ2n) is 5.38. The van der Waals surface area contributed by atoms with Crippen LogP contribution in [-0.2, 0) is 11.3 Å². The highest BCUT2D eigenvalue weighted by atomic mass is 16.5. The van der Waals surface area contributed by atoms with E-state index in [9.17, 15) is 0 Å². The van der Waals surface area contributed by atoms with Crippen molar-refractivity contribution in [2.45, 2.75) is 38.8 Å². The van der Waals surface area contributed by atoms with E-state index in [0.717, 1.165) is 50.3 Å². The monoisotopic (exact) mass is 266 g/mol. The number of ether oxygens (including phenoxy) is 1. The fourth-order valence-corrected chi connectivity index (χ4v) is 2.28.